The van der Waals surface area contributed by atoms with E-state index in [1.807, 2.05) is 0 Å². The van der Waals surface area contributed by atoms with Gasteiger partial charge in [-0.05, 0) is 39.0 Å². The smallest absolute Gasteiger partial charge is 0.401 e. The molecule has 2 rings (SSSR count). The van der Waals surface area contributed by atoms with Crippen molar-refractivity contribution in [2.45, 2.75) is 63.3 Å². The zero-order valence-corrected chi connectivity index (χ0v) is 12.3. The number of carbonyl (C=O) groups excluding carboxylic acids is 1. The lowest BCUT2D eigenvalue weighted by Gasteiger charge is -2.25. The average Bonchev–Trinajstić information content (AvgIpc) is 3.25. The molecule has 0 aromatic carbocycles. The molecule has 0 heterocycles. The lowest BCUT2D eigenvalue weighted by atomic mass is 10.2. The maximum atomic E-state index is 12.6. The summed E-state index contributed by atoms with van der Waals surface area (Å²) in [5.41, 5.74) is 0. The molecule has 0 radical (unpaired) electrons. The molecule has 2 saturated carbocycles. The Morgan fingerprint density at radius 2 is 2.00 bits per heavy atom. The molecule has 21 heavy (non-hydrogen) atoms. The zero-order valence-electron chi connectivity index (χ0n) is 12.3. The van der Waals surface area contributed by atoms with E-state index in [9.17, 15) is 18.0 Å². The number of halogens is 3. The second-order valence-corrected chi connectivity index (χ2v) is 5.85. The summed E-state index contributed by atoms with van der Waals surface area (Å²) in [6, 6.07) is -0.154. The van der Waals surface area contributed by atoms with Crippen LogP contribution in [0.2, 0.25) is 0 Å². The first kappa shape index (κ1) is 16.5. The van der Waals surface area contributed by atoms with Gasteiger partial charge >= 0.3 is 12.1 Å². The van der Waals surface area contributed by atoms with Crippen molar-refractivity contribution in [2.75, 3.05) is 19.7 Å². The van der Waals surface area contributed by atoms with Crippen molar-refractivity contribution >= 4 is 5.97 Å². The number of carbonyl (C=O) groups is 1. The molecular formula is C14H23F3N2O2. The van der Waals surface area contributed by atoms with E-state index in [0.717, 1.165) is 25.7 Å². The molecule has 1 N–H and O–H groups in total. The van der Waals surface area contributed by atoms with Gasteiger partial charge in [0.05, 0.1) is 13.2 Å². The molecule has 0 aromatic heterocycles. The number of ether oxygens (including phenoxy) is 1. The molecule has 0 amide bonds. The third-order valence-corrected chi connectivity index (χ3v) is 3.74. The summed E-state index contributed by atoms with van der Waals surface area (Å²) in [6.07, 6.45) is -0.157. The Bertz CT molecular complexity index is 355. The highest BCUT2D eigenvalue weighted by molar-refractivity contribution is 5.75. The highest BCUT2D eigenvalue weighted by Crippen LogP contribution is 2.30. The third-order valence-electron chi connectivity index (χ3n) is 3.74. The Kier molecular flexibility index (Phi) is 5.48. The molecular weight excluding hydrogens is 285 g/mol. The number of rotatable bonds is 9. The van der Waals surface area contributed by atoms with Crippen LogP contribution in [0.3, 0.4) is 0 Å². The predicted octanol–water partition coefficient (Wildman–Crippen LogP) is 2.09. The molecule has 1 unspecified atom stereocenters. The van der Waals surface area contributed by atoms with Crippen LogP contribution in [0, 0.1) is 0 Å². The Morgan fingerprint density at radius 1 is 1.33 bits per heavy atom. The topological polar surface area (TPSA) is 41.6 Å². The van der Waals surface area contributed by atoms with Gasteiger partial charge in [-0.25, -0.2) is 0 Å². The standard InChI is InChI=1S/C14H23F3N2O2/c1-2-21-13(20)12(18-10-3-4-10)7-8-19(11-5-6-11)9-14(15,16)17/h10-12,18H,2-9H2,1H3. The van der Waals surface area contributed by atoms with E-state index in [1.165, 1.54) is 4.90 Å². The molecule has 0 saturated heterocycles. The van der Waals surface area contributed by atoms with Crippen molar-refractivity contribution in [1.82, 2.24) is 10.2 Å². The summed E-state index contributed by atoms with van der Waals surface area (Å²) in [5.74, 6) is -0.354. The van der Waals surface area contributed by atoms with Crippen LogP contribution in [0.4, 0.5) is 13.2 Å². The minimum Gasteiger partial charge on any atom is -0.465 e. The predicted molar refractivity (Wildman–Crippen MR) is 71.8 cm³/mol. The molecule has 2 aliphatic rings. The summed E-state index contributed by atoms with van der Waals surface area (Å²) in [5, 5.41) is 3.17. The van der Waals surface area contributed by atoms with Gasteiger partial charge in [-0.1, -0.05) is 0 Å². The van der Waals surface area contributed by atoms with Crippen LogP contribution < -0.4 is 5.32 Å². The van der Waals surface area contributed by atoms with Gasteiger partial charge < -0.3 is 10.1 Å². The molecule has 0 spiro atoms. The molecule has 0 aromatic rings. The van der Waals surface area contributed by atoms with Crippen LogP contribution >= 0.6 is 0 Å². The SMILES string of the molecule is CCOC(=O)C(CCN(CC(F)(F)F)C1CC1)NC1CC1. The highest BCUT2D eigenvalue weighted by Gasteiger charge is 2.38. The van der Waals surface area contributed by atoms with Crippen molar-refractivity contribution in [2.24, 2.45) is 0 Å². The molecule has 4 nitrogen and oxygen atoms in total. The van der Waals surface area contributed by atoms with Crippen LogP contribution in [0.15, 0.2) is 0 Å². The number of alkyl halides is 3. The van der Waals surface area contributed by atoms with Gasteiger partial charge in [0.2, 0.25) is 0 Å². The fourth-order valence-electron chi connectivity index (χ4n) is 2.40. The van der Waals surface area contributed by atoms with Crippen molar-refractivity contribution in [1.29, 1.82) is 0 Å². The Labute approximate surface area is 123 Å². The summed E-state index contributed by atoms with van der Waals surface area (Å²) >= 11 is 0. The van der Waals surface area contributed by atoms with E-state index in [1.54, 1.807) is 6.92 Å². The quantitative estimate of drug-likeness (QED) is 0.662. The maximum Gasteiger partial charge on any atom is 0.401 e. The number of nitrogens with one attached hydrogen (secondary N) is 1. The number of nitrogens with zero attached hydrogens (tertiary/aromatic N) is 1. The summed E-state index contributed by atoms with van der Waals surface area (Å²) in [7, 11) is 0. The van der Waals surface area contributed by atoms with Crippen molar-refractivity contribution in [3.63, 3.8) is 0 Å². The fourth-order valence-corrected chi connectivity index (χ4v) is 2.40. The molecule has 1 atom stereocenters. The van der Waals surface area contributed by atoms with E-state index in [-0.39, 0.29) is 25.2 Å². The van der Waals surface area contributed by atoms with E-state index >= 15 is 0 Å². The molecule has 7 heteroatoms. The van der Waals surface area contributed by atoms with Crippen molar-refractivity contribution in [3.8, 4) is 0 Å². The lowest BCUT2D eigenvalue weighted by molar-refractivity contribution is -0.149. The summed E-state index contributed by atoms with van der Waals surface area (Å²) in [4.78, 5) is 13.3. The van der Waals surface area contributed by atoms with E-state index in [0.29, 0.717) is 12.5 Å². The first-order valence-electron chi connectivity index (χ1n) is 7.62. The minimum atomic E-state index is -4.19. The molecule has 2 aliphatic carbocycles. The number of hydrogen-bond donors (Lipinski definition) is 1. The highest BCUT2D eigenvalue weighted by atomic mass is 19.4. The van der Waals surface area contributed by atoms with Gasteiger partial charge in [-0.15, -0.1) is 0 Å². The lowest BCUT2D eigenvalue weighted by Crippen LogP contribution is -2.44. The van der Waals surface area contributed by atoms with Gasteiger partial charge in [-0.2, -0.15) is 13.2 Å². The van der Waals surface area contributed by atoms with Crippen LogP contribution in [0.1, 0.15) is 39.0 Å². The van der Waals surface area contributed by atoms with Crippen molar-refractivity contribution < 1.29 is 22.7 Å². The van der Waals surface area contributed by atoms with Crippen LogP contribution in [-0.4, -0.2) is 54.9 Å². The number of esters is 1. The second-order valence-electron chi connectivity index (χ2n) is 5.85. The molecule has 2 fully saturated rings. The normalized spacial score (nSPS) is 20.6. The third kappa shape index (κ3) is 6.22. The van der Waals surface area contributed by atoms with E-state index < -0.39 is 18.8 Å². The summed E-state index contributed by atoms with van der Waals surface area (Å²) < 4.78 is 42.7. The maximum absolute atomic E-state index is 12.6. The van der Waals surface area contributed by atoms with Crippen molar-refractivity contribution in [3.05, 3.63) is 0 Å². The largest absolute Gasteiger partial charge is 0.465 e. The van der Waals surface area contributed by atoms with Gasteiger partial charge in [0, 0.05) is 18.6 Å². The van der Waals surface area contributed by atoms with E-state index in [4.69, 9.17) is 4.74 Å². The van der Waals surface area contributed by atoms with Gasteiger partial charge in [0.25, 0.3) is 0 Å². The Hall–Kier alpha value is -0.820. The Balaban J connectivity index is 1.84. The first-order valence-corrected chi connectivity index (χ1v) is 7.62. The van der Waals surface area contributed by atoms with Gasteiger partial charge in [0.1, 0.15) is 6.04 Å². The summed E-state index contributed by atoms with van der Waals surface area (Å²) in [6.45, 7) is 1.40. The second kappa shape index (κ2) is 6.96. The molecule has 122 valence electrons. The first-order chi connectivity index (χ1) is 9.89. The van der Waals surface area contributed by atoms with Crippen LogP contribution in [0.25, 0.3) is 0 Å². The zero-order chi connectivity index (χ0) is 15.5. The fraction of sp³-hybridized carbons (Fsp3) is 0.929. The monoisotopic (exact) mass is 308 g/mol. The molecule has 0 bridgehead atoms. The average molecular weight is 308 g/mol. The van der Waals surface area contributed by atoms with Crippen LogP contribution in [0.5, 0.6) is 0 Å². The number of hydrogen-bond acceptors (Lipinski definition) is 4. The van der Waals surface area contributed by atoms with Gasteiger partial charge in [0.15, 0.2) is 0 Å². The van der Waals surface area contributed by atoms with Crippen LogP contribution in [-0.2, 0) is 9.53 Å². The molecule has 0 aliphatic heterocycles. The Morgan fingerprint density at radius 3 is 2.48 bits per heavy atom. The van der Waals surface area contributed by atoms with Gasteiger partial charge in [-0.3, -0.25) is 9.69 Å². The van der Waals surface area contributed by atoms with E-state index in [2.05, 4.69) is 5.32 Å². The minimum absolute atomic E-state index is 0.0235.